The first-order valence-electron chi connectivity index (χ1n) is 4.50. The predicted molar refractivity (Wildman–Crippen MR) is 77.0 cm³/mol. The first-order valence-corrected chi connectivity index (χ1v) is 8.24. The van der Waals surface area contributed by atoms with Crippen molar-refractivity contribution >= 4 is 41.7 Å². The predicted octanol–water partition coefficient (Wildman–Crippen LogP) is 4.06. The fraction of sp³-hybridized carbons (Fsp3) is 0. The Bertz CT molecular complexity index is 586. The molecule has 0 atom stereocenters. The second kappa shape index (κ2) is 5.76. The van der Waals surface area contributed by atoms with Gasteiger partial charge in [0.2, 0.25) is 0 Å². The van der Waals surface area contributed by atoms with Crippen LogP contribution in [0.1, 0.15) is 5.56 Å². The molecule has 0 aliphatic heterocycles. The van der Waals surface area contributed by atoms with Gasteiger partial charge in [0.1, 0.15) is 11.0 Å². The van der Waals surface area contributed by atoms with Crippen LogP contribution in [0, 0.1) is 17.0 Å². The van der Waals surface area contributed by atoms with Crippen molar-refractivity contribution in [3.8, 4) is 16.9 Å². The summed E-state index contributed by atoms with van der Waals surface area (Å²) in [6.45, 7) is 0. The summed E-state index contributed by atoms with van der Waals surface area (Å²) < 4.78 is 14.3. The molecule has 6 heteroatoms. The van der Waals surface area contributed by atoms with E-state index in [2.05, 4.69) is 37.5 Å². The zero-order valence-electron chi connectivity index (χ0n) is 8.32. The lowest BCUT2D eigenvalue weighted by Gasteiger charge is -2.02. The van der Waals surface area contributed by atoms with Gasteiger partial charge < -0.3 is 0 Å². The molecule has 0 N–H and O–H groups in total. The van der Waals surface area contributed by atoms with Crippen molar-refractivity contribution in [2.75, 3.05) is 0 Å². The van der Waals surface area contributed by atoms with Crippen LogP contribution in [-0.2, 0) is 0 Å². The van der Waals surface area contributed by atoms with E-state index in [1.54, 1.807) is 18.3 Å². The van der Waals surface area contributed by atoms with Crippen LogP contribution in [-0.4, -0.2) is 9.78 Å². The highest BCUT2D eigenvalue weighted by Gasteiger charge is 2.08. The van der Waals surface area contributed by atoms with Crippen molar-refractivity contribution in [3.05, 3.63) is 47.0 Å². The second-order valence-electron chi connectivity index (χ2n) is 3.04. The molecule has 0 amide bonds. The van der Waals surface area contributed by atoms with E-state index in [1.807, 2.05) is 0 Å². The third-order valence-corrected chi connectivity index (χ3v) is 3.21. The average Bonchev–Trinajstić information content (AvgIpc) is 2.69. The van der Waals surface area contributed by atoms with Crippen LogP contribution >= 0.6 is 41.7 Å². The van der Waals surface area contributed by atoms with Crippen molar-refractivity contribution in [2.24, 2.45) is 0 Å². The summed E-state index contributed by atoms with van der Waals surface area (Å²) in [5, 5.41) is 7.38. The number of benzene rings is 1. The Hall–Kier alpha value is -0.710. The molecule has 0 unspecified atom stereocenters. The fourth-order valence-corrected chi connectivity index (χ4v) is 1.97. The zero-order valence-corrected chi connectivity index (χ0v) is 12.1. The molecule has 0 bridgehead atoms. The highest BCUT2D eigenvalue weighted by atomic mass is 127. The van der Waals surface area contributed by atoms with Crippen molar-refractivity contribution in [1.29, 1.82) is 0 Å². The summed E-state index contributed by atoms with van der Waals surface area (Å²) in [7, 11) is 1.38. The van der Waals surface area contributed by atoms with Crippen LogP contribution in [0.3, 0.4) is 0 Å². The zero-order chi connectivity index (χ0) is 12.3. The lowest BCUT2D eigenvalue weighted by atomic mass is 10.3. The maximum absolute atomic E-state index is 12.8. The summed E-state index contributed by atoms with van der Waals surface area (Å²) in [4.78, 5) is 0. The summed E-state index contributed by atoms with van der Waals surface area (Å²) >= 11 is 8.21. The van der Waals surface area contributed by atoms with Crippen molar-refractivity contribution in [2.45, 2.75) is 0 Å². The van der Waals surface area contributed by atoms with Gasteiger partial charge in [-0.25, -0.2) is 9.07 Å². The normalized spacial score (nSPS) is 9.82. The van der Waals surface area contributed by atoms with Crippen LogP contribution in [0.15, 0.2) is 30.5 Å². The van der Waals surface area contributed by atoms with Crippen LogP contribution in [0.5, 0.6) is 0 Å². The van der Waals surface area contributed by atoms with Gasteiger partial charge >= 0.3 is 0 Å². The summed E-state index contributed by atoms with van der Waals surface area (Å²) in [6.07, 6.45) is 1.59. The Kier molecular flexibility index (Phi) is 4.31. The molecule has 0 saturated heterocycles. The smallest absolute Gasteiger partial charge is 0.148 e. The molecule has 1 heterocycles. The van der Waals surface area contributed by atoms with Crippen LogP contribution < -0.4 is 0 Å². The molecular weight excluding hydrogens is 374 g/mol. The number of hydrogen-bond acceptors (Lipinski definition) is 2. The van der Waals surface area contributed by atoms with Crippen LogP contribution in [0.2, 0.25) is 5.15 Å². The quantitative estimate of drug-likeness (QED) is 0.550. The van der Waals surface area contributed by atoms with Gasteiger partial charge in [-0.1, -0.05) is 11.6 Å². The second-order valence-corrected chi connectivity index (χ2v) is 5.08. The van der Waals surface area contributed by atoms with E-state index >= 15 is 0 Å². The molecule has 17 heavy (non-hydrogen) atoms. The van der Waals surface area contributed by atoms with Gasteiger partial charge in [-0.3, -0.25) is 0 Å². The summed E-state index contributed by atoms with van der Waals surface area (Å²) in [6, 6.07) is 5.94. The molecule has 2 aromatic rings. The number of rotatable bonds is 1. The Morgan fingerprint density at radius 1 is 1.35 bits per heavy atom. The van der Waals surface area contributed by atoms with Gasteiger partial charge in [0, 0.05) is 21.2 Å². The lowest BCUT2D eigenvalue weighted by Crippen LogP contribution is -1.96. The van der Waals surface area contributed by atoms with Crippen LogP contribution in [0.25, 0.3) is 5.69 Å². The lowest BCUT2D eigenvalue weighted by molar-refractivity contribution is 0.627. The van der Waals surface area contributed by atoms with E-state index in [1.165, 1.54) is 25.7 Å². The van der Waals surface area contributed by atoms with E-state index in [0.717, 1.165) is 0 Å². The highest BCUT2D eigenvalue weighted by Crippen LogP contribution is 2.20. The summed E-state index contributed by atoms with van der Waals surface area (Å²) in [5.41, 5.74) is 1.35. The van der Waals surface area contributed by atoms with Gasteiger partial charge in [0.05, 0.1) is 17.4 Å². The molecule has 2 nitrogen and oxygen atoms in total. The van der Waals surface area contributed by atoms with Gasteiger partial charge in [0.15, 0.2) is 0 Å². The largest absolute Gasteiger partial charge is 0.221 e. The van der Waals surface area contributed by atoms with Gasteiger partial charge in [-0.2, -0.15) is 5.10 Å². The Morgan fingerprint density at radius 2 is 2.06 bits per heavy atom. The molecule has 1 aromatic carbocycles. The minimum Gasteiger partial charge on any atom is -0.221 e. The first kappa shape index (κ1) is 12.7. The highest BCUT2D eigenvalue weighted by molar-refractivity contribution is 14.2. The molecule has 0 fully saturated rings. The Balaban J connectivity index is 2.40. The third-order valence-electron chi connectivity index (χ3n) is 2.01. The topological polar surface area (TPSA) is 17.8 Å². The van der Waals surface area contributed by atoms with Crippen molar-refractivity contribution in [1.82, 2.24) is 9.78 Å². The van der Waals surface area contributed by atoms with Crippen LogP contribution in [0.4, 0.5) is 4.39 Å². The molecule has 0 spiro atoms. The first-order chi connectivity index (χ1) is 8.22. The maximum Gasteiger partial charge on any atom is 0.148 e. The maximum atomic E-state index is 12.8. The molecule has 86 valence electrons. The number of hydrogen-bond donors (Lipinski definition) is 0. The Morgan fingerprint density at radius 3 is 2.71 bits per heavy atom. The van der Waals surface area contributed by atoms with E-state index in [9.17, 15) is 4.39 Å². The monoisotopic (exact) mass is 378 g/mol. The summed E-state index contributed by atoms with van der Waals surface area (Å²) in [5.74, 6) is 2.59. The number of nitrogens with zero attached hydrogens (tertiary/aromatic N) is 2. The molecule has 0 aliphatic carbocycles. The number of halogens is 3. The van der Waals surface area contributed by atoms with Crippen molar-refractivity contribution < 1.29 is 4.39 Å². The standard InChI is InChI=1S/C11H5ClFIN2S/c12-11-8(5-6-17-14)7-15-16(11)10-3-1-9(13)2-4-10/h1-4,7H. The minimum atomic E-state index is -0.293. The van der Waals surface area contributed by atoms with Gasteiger partial charge in [0.25, 0.3) is 0 Å². The van der Waals surface area contributed by atoms with E-state index in [0.29, 0.717) is 16.4 Å². The molecule has 1 aromatic heterocycles. The number of aromatic nitrogens is 2. The molecule has 0 aliphatic rings. The minimum absolute atomic E-state index is 0.293. The van der Waals surface area contributed by atoms with Crippen molar-refractivity contribution in [3.63, 3.8) is 0 Å². The Labute approximate surface area is 119 Å². The molecular formula is C11H5ClFIN2S. The fourth-order valence-electron chi connectivity index (χ4n) is 1.25. The van der Waals surface area contributed by atoms with E-state index in [4.69, 9.17) is 11.6 Å². The average molecular weight is 379 g/mol. The van der Waals surface area contributed by atoms with Gasteiger partial charge in [-0.15, -0.1) is 0 Å². The third kappa shape index (κ3) is 2.94. The molecule has 2 rings (SSSR count). The van der Waals surface area contributed by atoms with E-state index < -0.39 is 0 Å². The molecule has 0 saturated carbocycles. The van der Waals surface area contributed by atoms with E-state index in [-0.39, 0.29) is 5.82 Å². The SMILES string of the molecule is Fc1ccc(-n2ncc(C#CSI)c2Cl)cc1. The van der Waals surface area contributed by atoms with Gasteiger partial charge in [-0.05, 0) is 44.4 Å². The molecule has 0 radical (unpaired) electrons.